The standard InChI is InChI=1S/C15H23NO2/c1-5-18-14(17)10-13(16)11-6-8-12(9-7-11)15(2,3)4/h6-9,13H,5,10,16H2,1-4H3/t13-/m0/s1. The van der Waals surface area contributed by atoms with Gasteiger partial charge in [-0.1, -0.05) is 45.0 Å². The molecule has 0 aromatic heterocycles. The van der Waals surface area contributed by atoms with Crippen LogP contribution in [0.5, 0.6) is 0 Å². The first-order chi connectivity index (χ1) is 8.34. The van der Waals surface area contributed by atoms with Gasteiger partial charge >= 0.3 is 5.97 Å². The van der Waals surface area contributed by atoms with Gasteiger partial charge in [0.05, 0.1) is 13.0 Å². The molecule has 0 bridgehead atoms. The molecule has 1 aromatic rings. The van der Waals surface area contributed by atoms with Crippen LogP contribution in [-0.4, -0.2) is 12.6 Å². The van der Waals surface area contributed by atoms with E-state index >= 15 is 0 Å². The van der Waals surface area contributed by atoms with Gasteiger partial charge in [-0.3, -0.25) is 4.79 Å². The van der Waals surface area contributed by atoms with Gasteiger partial charge in [0.15, 0.2) is 0 Å². The zero-order valence-electron chi connectivity index (χ0n) is 11.7. The highest BCUT2D eigenvalue weighted by Crippen LogP contribution is 2.24. The summed E-state index contributed by atoms with van der Waals surface area (Å²) in [6.07, 6.45) is 0.225. The zero-order valence-corrected chi connectivity index (χ0v) is 11.7. The molecule has 0 radical (unpaired) electrons. The number of hydrogen-bond donors (Lipinski definition) is 1. The first-order valence-electron chi connectivity index (χ1n) is 6.36. The van der Waals surface area contributed by atoms with Crippen molar-refractivity contribution in [2.24, 2.45) is 5.73 Å². The first kappa shape index (κ1) is 14.7. The molecule has 0 saturated carbocycles. The van der Waals surface area contributed by atoms with Gasteiger partial charge in [-0.15, -0.1) is 0 Å². The van der Waals surface area contributed by atoms with E-state index in [0.29, 0.717) is 6.61 Å². The van der Waals surface area contributed by atoms with Crippen LogP contribution in [0.2, 0.25) is 0 Å². The molecule has 0 amide bonds. The minimum absolute atomic E-state index is 0.129. The number of benzene rings is 1. The summed E-state index contributed by atoms with van der Waals surface area (Å²) in [5.74, 6) is -0.245. The third kappa shape index (κ3) is 4.15. The third-order valence-electron chi connectivity index (χ3n) is 2.90. The summed E-state index contributed by atoms with van der Waals surface area (Å²) in [5.41, 5.74) is 8.34. The van der Waals surface area contributed by atoms with Gasteiger partial charge < -0.3 is 10.5 Å². The van der Waals surface area contributed by atoms with E-state index in [1.54, 1.807) is 6.92 Å². The van der Waals surface area contributed by atoms with Crippen molar-refractivity contribution in [1.29, 1.82) is 0 Å². The maximum atomic E-state index is 11.4. The normalized spacial score (nSPS) is 13.2. The number of carbonyl (C=O) groups excluding carboxylic acids is 1. The van der Waals surface area contributed by atoms with Crippen LogP contribution in [-0.2, 0) is 14.9 Å². The smallest absolute Gasteiger partial charge is 0.307 e. The average Bonchev–Trinajstić information content (AvgIpc) is 2.28. The van der Waals surface area contributed by atoms with Gasteiger partial charge in [-0.2, -0.15) is 0 Å². The fraction of sp³-hybridized carbons (Fsp3) is 0.533. The average molecular weight is 249 g/mol. The van der Waals surface area contributed by atoms with Crippen LogP contribution >= 0.6 is 0 Å². The van der Waals surface area contributed by atoms with E-state index in [9.17, 15) is 4.79 Å². The molecule has 3 heteroatoms. The molecule has 0 unspecified atom stereocenters. The summed E-state index contributed by atoms with van der Waals surface area (Å²) in [5, 5.41) is 0. The van der Waals surface area contributed by atoms with Crippen molar-refractivity contribution in [3.63, 3.8) is 0 Å². The number of ether oxygens (including phenoxy) is 1. The van der Waals surface area contributed by atoms with Crippen LogP contribution in [0.15, 0.2) is 24.3 Å². The van der Waals surface area contributed by atoms with E-state index in [2.05, 4.69) is 32.9 Å². The highest BCUT2D eigenvalue weighted by Gasteiger charge is 2.16. The fourth-order valence-corrected chi connectivity index (χ4v) is 1.75. The van der Waals surface area contributed by atoms with Crippen molar-refractivity contribution < 1.29 is 9.53 Å². The Balaban J connectivity index is 2.70. The highest BCUT2D eigenvalue weighted by molar-refractivity contribution is 5.70. The van der Waals surface area contributed by atoms with Crippen molar-refractivity contribution in [1.82, 2.24) is 0 Å². The predicted molar refractivity (Wildman–Crippen MR) is 73.3 cm³/mol. The molecule has 1 atom stereocenters. The topological polar surface area (TPSA) is 52.3 Å². The van der Waals surface area contributed by atoms with E-state index in [4.69, 9.17) is 10.5 Å². The zero-order chi connectivity index (χ0) is 13.8. The van der Waals surface area contributed by atoms with Crippen LogP contribution in [0.25, 0.3) is 0 Å². The minimum Gasteiger partial charge on any atom is -0.466 e. The highest BCUT2D eigenvalue weighted by atomic mass is 16.5. The van der Waals surface area contributed by atoms with E-state index < -0.39 is 0 Å². The second-order valence-electron chi connectivity index (χ2n) is 5.49. The quantitative estimate of drug-likeness (QED) is 0.835. The molecule has 0 spiro atoms. The fourth-order valence-electron chi connectivity index (χ4n) is 1.75. The molecule has 2 N–H and O–H groups in total. The Morgan fingerprint density at radius 2 is 1.83 bits per heavy atom. The Bertz CT molecular complexity index is 390. The summed E-state index contributed by atoms with van der Waals surface area (Å²) in [7, 11) is 0. The number of rotatable bonds is 4. The molecule has 1 aromatic carbocycles. The van der Waals surface area contributed by atoms with Crippen LogP contribution < -0.4 is 5.73 Å². The summed E-state index contributed by atoms with van der Waals surface area (Å²) in [4.78, 5) is 11.4. The molecule has 0 heterocycles. The number of hydrogen-bond acceptors (Lipinski definition) is 3. The van der Waals surface area contributed by atoms with Crippen LogP contribution in [0.4, 0.5) is 0 Å². The van der Waals surface area contributed by atoms with Crippen LogP contribution in [0, 0.1) is 0 Å². The first-order valence-corrected chi connectivity index (χ1v) is 6.36. The van der Waals surface area contributed by atoms with Crippen molar-refractivity contribution in [2.75, 3.05) is 6.61 Å². The Morgan fingerprint density at radius 1 is 1.28 bits per heavy atom. The SMILES string of the molecule is CCOC(=O)C[C@H](N)c1ccc(C(C)(C)C)cc1. The van der Waals surface area contributed by atoms with Crippen molar-refractivity contribution in [2.45, 2.75) is 45.6 Å². The van der Waals surface area contributed by atoms with E-state index in [-0.39, 0.29) is 23.8 Å². The van der Waals surface area contributed by atoms with Gasteiger partial charge in [-0.05, 0) is 23.5 Å². The largest absolute Gasteiger partial charge is 0.466 e. The number of esters is 1. The summed E-state index contributed by atoms with van der Waals surface area (Å²) in [6.45, 7) is 8.69. The third-order valence-corrected chi connectivity index (χ3v) is 2.90. The molecule has 1 rings (SSSR count). The number of carbonyl (C=O) groups is 1. The Kier molecular flexibility index (Phi) is 4.91. The van der Waals surface area contributed by atoms with Crippen molar-refractivity contribution in [3.05, 3.63) is 35.4 Å². The summed E-state index contributed by atoms with van der Waals surface area (Å²) in [6, 6.07) is 7.83. The monoisotopic (exact) mass is 249 g/mol. The van der Waals surface area contributed by atoms with Crippen molar-refractivity contribution >= 4 is 5.97 Å². The summed E-state index contributed by atoms with van der Waals surface area (Å²) >= 11 is 0. The van der Waals surface area contributed by atoms with Gasteiger partial charge in [0.1, 0.15) is 0 Å². The molecule has 0 aliphatic heterocycles. The van der Waals surface area contributed by atoms with Gasteiger partial charge in [-0.25, -0.2) is 0 Å². The van der Waals surface area contributed by atoms with Gasteiger partial charge in [0.2, 0.25) is 0 Å². The maximum absolute atomic E-state index is 11.4. The lowest BCUT2D eigenvalue weighted by Crippen LogP contribution is -2.18. The van der Waals surface area contributed by atoms with E-state index in [1.807, 2.05) is 12.1 Å². The molecule has 3 nitrogen and oxygen atoms in total. The van der Waals surface area contributed by atoms with E-state index in [1.165, 1.54) is 5.56 Å². The van der Waals surface area contributed by atoms with E-state index in [0.717, 1.165) is 5.56 Å². The molecule has 0 saturated heterocycles. The maximum Gasteiger partial charge on any atom is 0.307 e. The Morgan fingerprint density at radius 3 is 2.28 bits per heavy atom. The molecular weight excluding hydrogens is 226 g/mol. The van der Waals surface area contributed by atoms with Gasteiger partial charge in [0.25, 0.3) is 0 Å². The lowest BCUT2D eigenvalue weighted by atomic mass is 9.86. The molecular formula is C15H23NO2. The number of nitrogens with two attached hydrogens (primary N) is 1. The second-order valence-corrected chi connectivity index (χ2v) is 5.49. The predicted octanol–water partition coefficient (Wildman–Crippen LogP) is 2.94. The minimum atomic E-state index is -0.293. The molecule has 100 valence electrons. The lowest BCUT2D eigenvalue weighted by Gasteiger charge is -2.20. The molecule has 0 fully saturated rings. The molecule has 0 aliphatic rings. The van der Waals surface area contributed by atoms with Crippen LogP contribution in [0.1, 0.15) is 51.3 Å². The summed E-state index contributed by atoms with van der Waals surface area (Å²) < 4.78 is 4.89. The second kappa shape index (κ2) is 6.01. The molecule has 0 aliphatic carbocycles. The van der Waals surface area contributed by atoms with Crippen molar-refractivity contribution in [3.8, 4) is 0 Å². The lowest BCUT2D eigenvalue weighted by molar-refractivity contribution is -0.143. The van der Waals surface area contributed by atoms with Crippen LogP contribution in [0.3, 0.4) is 0 Å². The van der Waals surface area contributed by atoms with Gasteiger partial charge in [0, 0.05) is 6.04 Å². The molecule has 18 heavy (non-hydrogen) atoms. The Labute approximate surface area is 109 Å². The Hall–Kier alpha value is -1.35.